The highest BCUT2D eigenvalue weighted by Gasteiger charge is 2.41. The molecule has 0 bridgehead atoms. The maximum atomic E-state index is 12.7. The molecule has 5 rings (SSSR count). The second kappa shape index (κ2) is 5.68. The van der Waals surface area contributed by atoms with E-state index in [1.165, 1.54) is 33.4 Å². The van der Waals surface area contributed by atoms with Gasteiger partial charge in [-0.3, -0.25) is 4.79 Å². The molecule has 3 heterocycles. The number of piperidine rings is 1. The summed E-state index contributed by atoms with van der Waals surface area (Å²) in [4.78, 5) is 22.7. The number of benzene rings is 1. The normalized spacial score (nSPS) is 25.7. The van der Waals surface area contributed by atoms with Crippen molar-refractivity contribution in [3.05, 3.63) is 47.1 Å². The van der Waals surface area contributed by atoms with Gasteiger partial charge >= 0.3 is 0 Å². The summed E-state index contributed by atoms with van der Waals surface area (Å²) in [6.07, 6.45) is 5.83. The summed E-state index contributed by atoms with van der Waals surface area (Å²) in [5.74, 6) is 0.482. The van der Waals surface area contributed by atoms with Gasteiger partial charge in [0.15, 0.2) is 5.13 Å². The number of aromatic amines is 1. The molecule has 6 heteroatoms. The van der Waals surface area contributed by atoms with Gasteiger partial charge < -0.3 is 15.2 Å². The van der Waals surface area contributed by atoms with Crippen molar-refractivity contribution >= 4 is 33.3 Å². The summed E-state index contributed by atoms with van der Waals surface area (Å²) in [5.41, 5.74) is 4.01. The first-order chi connectivity index (χ1) is 12.2. The molecule has 1 unspecified atom stereocenters. The molecule has 0 saturated carbocycles. The van der Waals surface area contributed by atoms with Crippen molar-refractivity contribution in [1.82, 2.24) is 14.9 Å². The van der Waals surface area contributed by atoms with Gasteiger partial charge in [-0.05, 0) is 37.1 Å². The topological polar surface area (TPSA) is 61.0 Å². The van der Waals surface area contributed by atoms with E-state index in [-0.39, 0.29) is 11.8 Å². The molecule has 1 aliphatic carbocycles. The van der Waals surface area contributed by atoms with E-state index >= 15 is 0 Å². The molecule has 3 atom stereocenters. The third kappa shape index (κ3) is 2.40. The number of likely N-dealkylation sites (N-methyl/N-ethyl adjacent to an activating group) is 1. The van der Waals surface area contributed by atoms with Crippen molar-refractivity contribution in [2.45, 2.75) is 24.8 Å². The number of aromatic nitrogens is 2. The van der Waals surface area contributed by atoms with Gasteiger partial charge in [0.05, 0.1) is 5.92 Å². The van der Waals surface area contributed by atoms with Crippen LogP contribution in [0.2, 0.25) is 0 Å². The number of carbonyl (C=O) groups is 1. The largest absolute Gasteiger partial charge is 0.361 e. The van der Waals surface area contributed by atoms with Crippen molar-refractivity contribution in [2.24, 2.45) is 5.92 Å². The van der Waals surface area contributed by atoms with Crippen LogP contribution in [-0.4, -0.2) is 40.4 Å². The van der Waals surface area contributed by atoms with Crippen LogP contribution in [0.1, 0.15) is 23.5 Å². The molecule has 0 spiro atoms. The van der Waals surface area contributed by atoms with E-state index in [2.05, 4.69) is 51.6 Å². The van der Waals surface area contributed by atoms with Gasteiger partial charge in [0.1, 0.15) is 0 Å². The smallest absolute Gasteiger partial charge is 0.230 e. The van der Waals surface area contributed by atoms with Crippen LogP contribution in [0.25, 0.3) is 10.9 Å². The lowest BCUT2D eigenvalue weighted by Crippen LogP contribution is -2.50. The van der Waals surface area contributed by atoms with Crippen LogP contribution in [-0.2, 0) is 11.2 Å². The molecule has 1 aromatic carbocycles. The molecule has 1 saturated heterocycles. The number of hydrogen-bond donors (Lipinski definition) is 2. The number of likely N-dealkylation sites (tertiary alicyclic amines) is 1. The maximum absolute atomic E-state index is 12.7. The van der Waals surface area contributed by atoms with E-state index in [1.807, 2.05) is 5.38 Å². The first-order valence-electron chi connectivity index (χ1n) is 8.70. The molecule has 25 heavy (non-hydrogen) atoms. The molecular weight excluding hydrogens is 332 g/mol. The highest BCUT2D eigenvalue weighted by atomic mass is 32.1. The van der Waals surface area contributed by atoms with Crippen LogP contribution in [0.3, 0.4) is 0 Å². The molecule has 2 N–H and O–H groups in total. The molecule has 128 valence electrons. The van der Waals surface area contributed by atoms with E-state index in [0.717, 1.165) is 19.4 Å². The monoisotopic (exact) mass is 352 g/mol. The minimum Gasteiger partial charge on any atom is -0.361 e. The second-order valence-electron chi connectivity index (χ2n) is 7.16. The van der Waals surface area contributed by atoms with E-state index in [4.69, 9.17) is 0 Å². The number of rotatable bonds is 2. The first-order valence-corrected chi connectivity index (χ1v) is 9.58. The van der Waals surface area contributed by atoms with Gasteiger partial charge in [-0.1, -0.05) is 12.1 Å². The maximum Gasteiger partial charge on any atom is 0.230 e. The average molecular weight is 352 g/mol. The third-order valence-corrected chi connectivity index (χ3v) is 6.45. The van der Waals surface area contributed by atoms with Crippen molar-refractivity contribution in [2.75, 3.05) is 18.9 Å². The Morgan fingerprint density at radius 1 is 1.44 bits per heavy atom. The Bertz CT molecular complexity index is 932. The lowest BCUT2D eigenvalue weighted by molar-refractivity contribution is -0.122. The molecule has 1 aliphatic heterocycles. The summed E-state index contributed by atoms with van der Waals surface area (Å²) in [5, 5.41) is 6.93. The standard InChI is InChI=1S/C19H20N4OS/c1-23-10-12(18(24)22-19-20-5-6-25-19)7-14-13-3-2-4-15-17(13)11(9-21-15)8-16(14)23/h2-6,9,12,14,16,21H,7-8,10H2,1H3,(H,20,22,24)/t12-,14?,16-/m1/s1. The Morgan fingerprint density at radius 3 is 3.20 bits per heavy atom. The van der Waals surface area contributed by atoms with Crippen LogP contribution in [0.4, 0.5) is 5.13 Å². The number of fused-ring (bicyclic) bond motifs is 2. The number of H-pyrrole nitrogens is 1. The van der Waals surface area contributed by atoms with Gasteiger partial charge in [-0.2, -0.15) is 0 Å². The molecule has 2 aromatic heterocycles. The van der Waals surface area contributed by atoms with Crippen molar-refractivity contribution in [1.29, 1.82) is 0 Å². The lowest BCUT2D eigenvalue weighted by Gasteiger charge is -2.45. The molecular formula is C19H20N4OS. The van der Waals surface area contributed by atoms with E-state index < -0.39 is 0 Å². The predicted molar refractivity (Wildman–Crippen MR) is 100 cm³/mol. The molecule has 1 fully saturated rings. The van der Waals surface area contributed by atoms with Crippen LogP contribution < -0.4 is 5.32 Å². The van der Waals surface area contributed by atoms with Crippen LogP contribution in [0.15, 0.2) is 36.0 Å². The average Bonchev–Trinajstić information content (AvgIpc) is 3.27. The van der Waals surface area contributed by atoms with Gasteiger partial charge in [0, 0.05) is 47.2 Å². The number of thiazole rings is 1. The zero-order valence-electron chi connectivity index (χ0n) is 14.0. The Morgan fingerprint density at radius 2 is 2.36 bits per heavy atom. The highest BCUT2D eigenvalue weighted by molar-refractivity contribution is 7.13. The van der Waals surface area contributed by atoms with Gasteiger partial charge in [0.25, 0.3) is 0 Å². The van der Waals surface area contributed by atoms with E-state index in [0.29, 0.717) is 17.1 Å². The van der Waals surface area contributed by atoms with E-state index in [9.17, 15) is 4.79 Å². The Kier molecular flexibility index (Phi) is 3.43. The SMILES string of the molecule is CN1C[C@H](C(=O)Nc2nccs2)CC2c3cccc4[nH]cc(c34)C[C@H]21. The second-order valence-corrected chi connectivity index (χ2v) is 8.05. The Balaban J connectivity index is 1.47. The van der Waals surface area contributed by atoms with Crippen LogP contribution >= 0.6 is 11.3 Å². The minimum atomic E-state index is -0.00843. The molecule has 0 radical (unpaired) electrons. The number of carbonyl (C=O) groups excluding carboxylic acids is 1. The van der Waals surface area contributed by atoms with Crippen LogP contribution in [0.5, 0.6) is 0 Å². The fourth-order valence-corrected chi connectivity index (χ4v) is 5.16. The Labute approximate surface area is 150 Å². The van der Waals surface area contributed by atoms with E-state index in [1.54, 1.807) is 6.20 Å². The number of amides is 1. The van der Waals surface area contributed by atoms with Gasteiger partial charge in [-0.25, -0.2) is 4.98 Å². The highest BCUT2D eigenvalue weighted by Crippen LogP contribution is 2.44. The fraction of sp³-hybridized carbons (Fsp3) is 0.368. The van der Waals surface area contributed by atoms with Crippen molar-refractivity contribution < 1.29 is 4.79 Å². The summed E-state index contributed by atoms with van der Waals surface area (Å²) in [6.45, 7) is 0.800. The molecule has 2 aliphatic rings. The van der Waals surface area contributed by atoms with Gasteiger partial charge in [-0.15, -0.1) is 11.3 Å². The Hall–Kier alpha value is -2.18. The summed E-state index contributed by atoms with van der Waals surface area (Å²) in [6, 6.07) is 6.98. The number of hydrogen-bond acceptors (Lipinski definition) is 4. The quantitative estimate of drug-likeness (QED) is 0.744. The number of nitrogens with one attached hydrogen (secondary N) is 2. The summed E-state index contributed by atoms with van der Waals surface area (Å²) in [7, 11) is 2.15. The number of anilines is 1. The fourth-order valence-electron chi connectivity index (χ4n) is 4.62. The molecule has 1 amide bonds. The molecule has 5 nitrogen and oxygen atoms in total. The lowest BCUT2D eigenvalue weighted by atomic mass is 9.72. The first kappa shape index (κ1) is 15.1. The van der Waals surface area contributed by atoms with Crippen molar-refractivity contribution in [3.8, 4) is 0 Å². The predicted octanol–water partition coefficient (Wildman–Crippen LogP) is 3.22. The molecule has 3 aromatic rings. The third-order valence-electron chi connectivity index (χ3n) is 5.76. The minimum absolute atomic E-state index is 0.00843. The van der Waals surface area contributed by atoms with Gasteiger partial charge in [0.2, 0.25) is 5.91 Å². The summed E-state index contributed by atoms with van der Waals surface area (Å²) < 4.78 is 0. The van der Waals surface area contributed by atoms with Crippen LogP contribution in [0, 0.1) is 5.92 Å². The van der Waals surface area contributed by atoms with Crippen molar-refractivity contribution in [3.63, 3.8) is 0 Å². The zero-order valence-corrected chi connectivity index (χ0v) is 14.8. The number of nitrogens with zero attached hydrogens (tertiary/aromatic N) is 2. The zero-order chi connectivity index (χ0) is 17.0. The summed E-state index contributed by atoms with van der Waals surface area (Å²) >= 11 is 1.47.